The van der Waals surface area contributed by atoms with Gasteiger partial charge in [0, 0.05) is 30.6 Å². The van der Waals surface area contributed by atoms with E-state index in [2.05, 4.69) is 17.4 Å². The smallest absolute Gasteiger partial charge is 0.324 e. The lowest BCUT2D eigenvalue weighted by Crippen LogP contribution is -2.50. The number of amides is 3. The van der Waals surface area contributed by atoms with Gasteiger partial charge >= 0.3 is 6.03 Å². The molecule has 7 heteroatoms. The highest BCUT2D eigenvalue weighted by atomic mass is 16.5. The van der Waals surface area contributed by atoms with Crippen molar-refractivity contribution in [2.75, 3.05) is 19.7 Å². The van der Waals surface area contributed by atoms with E-state index in [0.29, 0.717) is 32.5 Å². The lowest BCUT2D eigenvalue weighted by atomic mass is 10.0. The van der Waals surface area contributed by atoms with Crippen molar-refractivity contribution in [2.45, 2.75) is 32.6 Å². The molecule has 1 aromatic heterocycles. The molecule has 7 nitrogen and oxygen atoms in total. The van der Waals surface area contributed by atoms with Gasteiger partial charge in [-0.15, -0.1) is 0 Å². The van der Waals surface area contributed by atoms with E-state index in [9.17, 15) is 9.59 Å². The number of benzene rings is 2. The van der Waals surface area contributed by atoms with Crippen LogP contribution in [-0.2, 0) is 11.2 Å². The molecular formula is C23H25N3O4. The topological polar surface area (TPSA) is 84.7 Å². The third-order valence-electron chi connectivity index (χ3n) is 5.19. The van der Waals surface area contributed by atoms with Crippen LogP contribution in [0, 0.1) is 0 Å². The first-order chi connectivity index (χ1) is 14.7. The zero-order chi connectivity index (χ0) is 20.9. The lowest BCUT2D eigenvalue weighted by molar-refractivity contribution is -0.129. The van der Waals surface area contributed by atoms with E-state index >= 15 is 0 Å². The number of urea groups is 1. The van der Waals surface area contributed by atoms with Crippen molar-refractivity contribution in [3.63, 3.8) is 0 Å². The van der Waals surface area contributed by atoms with Crippen molar-refractivity contribution >= 4 is 22.9 Å². The Balaban J connectivity index is 1.49. The quantitative estimate of drug-likeness (QED) is 0.567. The van der Waals surface area contributed by atoms with Gasteiger partial charge in [-0.1, -0.05) is 48.8 Å². The number of aromatic nitrogens is 1. The maximum absolute atomic E-state index is 11.9. The molecule has 1 aliphatic rings. The number of fused-ring (bicyclic) bond motifs is 1. The van der Waals surface area contributed by atoms with Crippen molar-refractivity contribution in [3.8, 4) is 17.0 Å². The van der Waals surface area contributed by atoms with Crippen LogP contribution in [0.2, 0.25) is 0 Å². The first kappa shape index (κ1) is 19.9. The second-order valence-corrected chi connectivity index (χ2v) is 7.30. The predicted octanol–water partition coefficient (Wildman–Crippen LogP) is 4.16. The van der Waals surface area contributed by atoms with Gasteiger partial charge in [-0.05, 0) is 25.0 Å². The number of nitrogens with zero attached hydrogens (tertiary/aromatic N) is 2. The Hall–Kier alpha value is -3.35. The Kier molecular flexibility index (Phi) is 5.97. The summed E-state index contributed by atoms with van der Waals surface area (Å²) in [6, 6.07) is 13.6. The summed E-state index contributed by atoms with van der Waals surface area (Å²) in [6.45, 7) is 3.26. The summed E-state index contributed by atoms with van der Waals surface area (Å²) in [5.74, 6) is 0.622. The van der Waals surface area contributed by atoms with Gasteiger partial charge in [-0.3, -0.25) is 9.69 Å². The van der Waals surface area contributed by atoms with Crippen molar-refractivity contribution in [2.24, 2.45) is 0 Å². The molecule has 0 radical (unpaired) electrons. The minimum atomic E-state index is -0.325. The number of rotatable bonds is 8. The summed E-state index contributed by atoms with van der Waals surface area (Å²) >= 11 is 0. The number of carbonyl (C=O) groups excluding carboxylic acids is 2. The van der Waals surface area contributed by atoms with Crippen LogP contribution in [0.3, 0.4) is 0 Å². The molecule has 0 bridgehead atoms. The van der Waals surface area contributed by atoms with Crippen molar-refractivity contribution in [1.82, 2.24) is 15.4 Å². The van der Waals surface area contributed by atoms with Crippen LogP contribution < -0.4 is 10.1 Å². The molecule has 2 heterocycles. The van der Waals surface area contributed by atoms with Gasteiger partial charge in [-0.25, -0.2) is 4.79 Å². The number of hydrogen-bond acceptors (Lipinski definition) is 5. The monoisotopic (exact) mass is 407 g/mol. The van der Waals surface area contributed by atoms with E-state index in [1.807, 2.05) is 42.5 Å². The fourth-order valence-corrected chi connectivity index (χ4v) is 3.72. The summed E-state index contributed by atoms with van der Waals surface area (Å²) in [6.07, 6.45) is 2.66. The van der Waals surface area contributed by atoms with Gasteiger partial charge < -0.3 is 14.6 Å². The Morgan fingerprint density at radius 1 is 1.17 bits per heavy atom. The standard InChI is InChI=1S/C23H25N3O4/c1-2-7-17-19(29-15-6-14-26-20(27)12-13-24-23(26)28)11-10-18-21(25-30-22(17)18)16-8-4-3-5-9-16/h3-5,8-11H,2,6-7,12-15H2,1H3,(H,24,28). The molecule has 0 aliphatic carbocycles. The molecule has 1 N–H and O–H groups in total. The minimum absolute atomic E-state index is 0.137. The van der Waals surface area contributed by atoms with Crippen LogP contribution in [0.25, 0.3) is 22.2 Å². The predicted molar refractivity (Wildman–Crippen MR) is 113 cm³/mol. The molecule has 156 valence electrons. The van der Waals surface area contributed by atoms with E-state index in [-0.39, 0.29) is 11.9 Å². The second-order valence-electron chi connectivity index (χ2n) is 7.30. The van der Waals surface area contributed by atoms with Crippen LogP contribution in [0.1, 0.15) is 31.7 Å². The molecule has 1 aliphatic heterocycles. The molecule has 0 spiro atoms. The first-order valence-corrected chi connectivity index (χ1v) is 10.4. The molecule has 30 heavy (non-hydrogen) atoms. The van der Waals surface area contributed by atoms with Crippen molar-refractivity contribution in [3.05, 3.63) is 48.0 Å². The maximum atomic E-state index is 11.9. The van der Waals surface area contributed by atoms with Gasteiger partial charge in [0.25, 0.3) is 0 Å². The summed E-state index contributed by atoms with van der Waals surface area (Å²) in [7, 11) is 0. The summed E-state index contributed by atoms with van der Waals surface area (Å²) < 4.78 is 11.7. The van der Waals surface area contributed by atoms with Crippen LogP contribution >= 0.6 is 0 Å². The number of carbonyl (C=O) groups is 2. The Labute approximate surface area is 175 Å². The average molecular weight is 407 g/mol. The van der Waals surface area contributed by atoms with Crippen LogP contribution in [0.5, 0.6) is 5.75 Å². The molecule has 1 fully saturated rings. The molecule has 0 atom stereocenters. The zero-order valence-electron chi connectivity index (χ0n) is 17.0. The highest BCUT2D eigenvalue weighted by Crippen LogP contribution is 2.35. The Morgan fingerprint density at radius 2 is 2.00 bits per heavy atom. The third-order valence-corrected chi connectivity index (χ3v) is 5.19. The molecular weight excluding hydrogens is 382 g/mol. The Morgan fingerprint density at radius 3 is 2.77 bits per heavy atom. The van der Waals surface area contributed by atoms with E-state index in [1.54, 1.807) is 0 Å². The largest absolute Gasteiger partial charge is 0.493 e. The number of aryl methyl sites for hydroxylation is 1. The zero-order valence-corrected chi connectivity index (χ0v) is 17.0. The molecule has 0 unspecified atom stereocenters. The number of nitrogens with one attached hydrogen (secondary N) is 1. The number of imide groups is 1. The Bertz CT molecular complexity index is 1030. The average Bonchev–Trinajstić information content (AvgIpc) is 3.19. The van der Waals surface area contributed by atoms with Crippen molar-refractivity contribution in [1.29, 1.82) is 0 Å². The molecule has 3 aromatic rings. The van der Waals surface area contributed by atoms with Crippen molar-refractivity contribution < 1.29 is 18.8 Å². The van der Waals surface area contributed by atoms with Gasteiger partial charge in [0.05, 0.1) is 12.0 Å². The van der Waals surface area contributed by atoms with Gasteiger partial charge in [-0.2, -0.15) is 0 Å². The minimum Gasteiger partial charge on any atom is -0.493 e. The molecule has 4 rings (SSSR count). The first-order valence-electron chi connectivity index (χ1n) is 10.4. The molecule has 0 saturated carbocycles. The maximum Gasteiger partial charge on any atom is 0.324 e. The van der Waals surface area contributed by atoms with Crippen LogP contribution in [-0.4, -0.2) is 41.7 Å². The SMILES string of the molecule is CCCc1c(OCCCN2C(=O)CCNC2=O)ccc2c(-c3ccccc3)noc12. The summed E-state index contributed by atoms with van der Waals surface area (Å²) in [5.41, 5.74) is 3.58. The highest BCUT2D eigenvalue weighted by Gasteiger charge is 2.25. The number of hydrogen-bond donors (Lipinski definition) is 1. The van der Waals surface area contributed by atoms with Crippen LogP contribution in [0.4, 0.5) is 4.79 Å². The fourth-order valence-electron chi connectivity index (χ4n) is 3.72. The van der Waals surface area contributed by atoms with E-state index in [4.69, 9.17) is 9.26 Å². The number of ether oxygens (including phenoxy) is 1. The molecule has 3 amide bonds. The molecule has 1 saturated heterocycles. The van der Waals surface area contributed by atoms with E-state index < -0.39 is 0 Å². The van der Waals surface area contributed by atoms with Gasteiger partial charge in [0.1, 0.15) is 11.4 Å². The third kappa shape index (κ3) is 4.01. The normalized spacial score (nSPS) is 14.2. The highest BCUT2D eigenvalue weighted by molar-refractivity contribution is 5.96. The van der Waals surface area contributed by atoms with Crippen LogP contribution in [0.15, 0.2) is 47.0 Å². The van der Waals surface area contributed by atoms with Gasteiger partial charge in [0.2, 0.25) is 5.91 Å². The summed E-state index contributed by atoms with van der Waals surface area (Å²) in [4.78, 5) is 24.9. The van der Waals surface area contributed by atoms with E-state index in [1.165, 1.54) is 4.90 Å². The summed E-state index contributed by atoms with van der Waals surface area (Å²) in [5, 5.41) is 7.96. The lowest BCUT2D eigenvalue weighted by Gasteiger charge is -2.25. The molecule has 2 aromatic carbocycles. The van der Waals surface area contributed by atoms with Gasteiger partial charge in [0.15, 0.2) is 5.58 Å². The second kappa shape index (κ2) is 8.98. The van der Waals surface area contributed by atoms with E-state index in [0.717, 1.165) is 46.4 Å². The fraction of sp³-hybridized carbons (Fsp3) is 0.348.